The van der Waals surface area contributed by atoms with E-state index < -0.39 is 0 Å². The molecule has 0 unspecified atom stereocenters. The Hall–Kier alpha value is -2.00. The van der Waals surface area contributed by atoms with E-state index in [0.717, 1.165) is 25.2 Å². The topological polar surface area (TPSA) is 43.7 Å². The molecule has 0 radical (unpaired) electrons. The zero-order valence-electron chi connectivity index (χ0n) is 10.0. The number of fused-ring (bicyclic) bond motifs is 1. The molecule has 3 nitrogen and oxygen atoms in total. The maximum atomic E-state index is 9.48. The average Bonchev–Trinajstić information content (AvgIpc) is 2.76. The van der Waals surface area contributed by atoms with E-state index in [1.165, 1.54) is 17.2 Å². The van der Waals surface area contributed by atoms with Gasteiger partial charge in [-0.15, -0.1) is 0 Å². The second-order valence-corrected chi connectivity index (χ2v) is 4.74. The number of phenols is 2. The zero-order valence-corrected chi connectivity index (χ0v) is 10.0. The Kier molecular flexibility index (Phi) is 2.68. The lowest BCUT2D eigenvalue weighted by atomic mass is 10.1. The van der Waals surface area contributed by atoms with E-state index in [0.29, 0.717) is 0 Å². The van der Waals surface area contributed by atoms with E-state index in [1.54, 1.807) is 6.07 Å². The summed E-state index contributed by atoms with van der Waals surface area (Å²) < 4.78 is 0. The molecular formula is C15H15NO2. The van der Waals surface area contributed by atoms with E-state index in [2.05, 4.69) is 29.2 Å². The Balaban J connectivity index is 1.74. The molecule has 0 bridgehead atoms. The highest BCUT2D eigenvalue weighted by Gasteiger charge is 2.18. The molecule has 0 spiro atoms. The number of aromatic hydroxyl groups is 2. The van der Waals surface area contributed by atoms with Gasteiger partial charge in [-0.2, -0.15) is 0 Å². The van der Waals surface area contributed by atoms with Gasteiger partial charge in [0.05, 0.1) is 0 Å². The molecule has 2 aromatic rings. The summed E-state index contributed by atoms with van der Waals surface area (Å²) in [6.07, 6.45) is 0. The van der Waals surface area contributed by atoms with Crippen LogP contribution in [0.1, 0.15) is 16.7 Å². The van der Waals surface area contributed by atoms with Gasteiger partial charge in [-0.1, -0.05) is 30.3 Å². The Bertz CT molecular complexity index is 555. The number of rotatable bonds is 2. The minimum atomic E-state index is -0.0662. The van der Waals surface area contributed by atoms with Gasteiger partial charge < -0.3 is 10.2 Å². The average molecular weight is 241 g/mol. The normalized spacial score (nSPS) is 14.7. The smallest absolute Gasteiger partial charge is 0.157 e. The van der Waals surface area contributed by atoms with E-state index >= 15 is 0 Å². The van der Waals surface area contributed by atoms with Crippen molar-refractivity contribution in [3.05, 3.63) is 59.2 Å². The van der Waals surface area contributed by atoms with Crippen molar-refractivity contribution >= 4 is 0 Å². The van der Waals surface area contributed by atoms with Crippen molar-refractivity contribution in [2.45, 2.75) is 19.6 Å². The SMILES string of the molecule is Oc1ccc(CN2Cc3ccccc3C2)cc1O. The molecule has 0 amide bonds. The highest BCUT2D eigenvalue weighted by atomic mass is 16.3. The Morgan fingerprint density at radius 2 is 1.56 bits per heavy atom. The maximum Gasteiger partial charge on any atom is 0.157 e. The summed E-state index contributed by atoms with van der Waals surface area (Å²) in [5, 5.41) is 18.8. The summed E-state index contributed by atoms with van der Waals surface area (Å²) in [4.78, 5) is 2.32. The fourth-order valence-electron chi connectivity index (χ4n) is 2.44. The first-order chi connectivity index (χ1) is 8.72. The third-order valence-electron chi connectivity index (χ3n) is 3.35. The predicted molar refractivity (Wildman–Crippen MR) is 69.2 cm³/mol. The van der Waals surface area contributed by atoms with Crippen LogP contribution < -0.4 is 0 Å². The highest BCUT2D eigenvalue weighted by Crippen LogP contribution is 2.28. The summed E-state index contributed by atoms with van der Waals surface area (Å²) in [7, 11) is 0. The lowest BCUT2D eigenvalue weighted by Crippen LogP contribution is -2.15. The fourth-order valence-corrected chi connectivity index (χ4v) is 2.44. The van der Waals surface area contributed by atoms with E-state index in [1.807, 2.05) is 6.07 Å². The van der Waals surface area contributed by atoms with Gasteiger partial charge in [0.2, 0.25) is 0 Å². The number of hydrogen-bond acceptors (Lipinski definition) is 3. The number of benzene rings is 2. The lowest BCUT2D eigenvalue weighted by Gasteiger charge is -2.15. The maximum absolute atomic E-state index is 9.48. The van der Waals surface area contributed by atoms with Crippen LogP contribution in [0.2, 0.25) is 0 Å². The van der Waals surface area contributed by atoms with Crippen molar-refractivity contribution in [1.29, 1.82) is 0 Å². The van der Waals surface area contributed by atoms with Crippen LogP contribution in [0.25, 0.3) is 0 Å². The molecule has 0 aliphatic carbocycles. The van der Waals surface area contributed by atoms with Crippen LogP contribution in [0.4, 0.5) is 0 Å². The molecule has 1 heterocycles. The molecular weight excluding hydrogens is 226 g/mol. The molecule has 0 aromatic heterocycles. The molecule has 1 aliphatic heterocycles. The molecule has 3 rings (SSSR count). The van der Waals surface area contributed by atoms with Gasteiger partial charge in [-0.25, -0.2) is 0 Å². The van der Waals surface area contributed by atoms with E-state index in [4.69, 9.17) is 0 Å². The highest BCUT2D eigenvalue weighted by molar-refractivity contribution is 5.40. The van der Waals surface area contributed by atoms with Gasteiger partial charge in [-0.05, 0) is 28.8 Å². The molecule has 0 saturated carbocycles. The quantitative estimate of drug-likeness (QED) is 0.794. The van der Waals surface area contributed by atoms with Crippen molar-refractivity contribution in [3.8, 4) is 11.5 Å². The van der Waals surface area contributed by atoms with Crippen LogP contribution in [0.5, 0.6) is 11.5 Å². The largest absolute Gasteiger partial charge is 0.504 e. The molecule has 0 atom stereocenters. The van der Waals surface area contributed by atoms with Crippen molar-refractivity contribution in [2.24, 2.45) is 0 Å². The van der Waals surface area contributed by atoms with Gasteiger partial charge in [0.25, 0.3) is 0 Å². The van der Waals surface area contributed by atoms with Crippen molar-refractivity contribution in [1.82, 2.24) is 4.90 Å². The van der Waals surface area contributed by atoms with Crippen molar-refractivity contribution in [3.63, 3.8) is 0 Å². The summed E-state index contributed by atoms with van der Waals surface area (Å²) in [5.41, 5.74) is 3.76. The van der Waals surface area contributed by atoms with Crippen molar-refractivity contribution in [2.75, 3.05) is 0 Å². The predicted octanol–water partition coefficient (Wildman–Crippen LogP) is 2.61. The second-order valence-electron chi connectivity index (χ2n) is 4.74. The van der Waals surface area contributed by atoms with Gasteiger partial charge in [0.1, 0.15) is 0 Å². The molecule has 18 heavy (non-hydrogen) atoms. The Morgan fingerprint density at radius 3 is 2.17 bits per heavy atom. The minimum absolute atomic E-state index is 0.0517. The van der Waals surface area contributed by atoms with Gasteiger partial charge in [0.15, 0.2) is 11.5 Å². The number of hydrogen-bond donors (Lipinski definition) is 2. The zero-order chi connectivity index (χ0) is 12.5. The van der Waals surface area contributed by atoms with Crippen LogP contribution in [0.3, 0.4) is 0 Å². The van der Waals surface area contributed by atoms with Gasteiger partial charge in [0, 0.05) is 19.6 Å². The van der Waals surface area contributed by atoms with Crippen LogP contribution in [0, 0.1) is 0 Å². The number of phenolic OH excluding ortho intramolecular Hbond substituents is 2. The first-order valence-electron chi connectivity index (χ1n) is 6.02. The minimum Gasteiger partial charge on any atom is -0.504 e. The summed E-state index contributed by atoms with van der Waals surface area (Å²) in [6.45, 7) is 2.66. The van der Waals surface area contributed by atoms with Crippen molar-refractivity contribution < 1.29 is 10.2 Å². The first-order valence-corrected chi connectivity index (χ1v) is 6.02. The summed E-state index contributed by atoms with van der Waals surface area (Å²) >= 11 is 0. The van der Waals surface area contributed by atoms with Crippen LogP contribution in [-0.2, 0) is 19.6 Å². The molecule has 1 aliphatic rings. The lowest BCUT2D eigenvalue weighted by molar-refractivity contribution is 0.275. The fraction of sp³-hybridized carbons (Fsp3) is 0.200. The first kappa shape index (κ1) is 11.1. The van der Waals surface area contributed by atoms with Gasteiger partial charge in [-0.3, -0.25) is 4.90 Å². The van der Waals surface area contributed by atoms with Crippen LogP contribution >= 0.6 is 0 Å². The molecule has 3 heteroatoms. The molecule has 2 aromatic carbocycles. The number of nitrogens with zero attached hydrogens (tertiary/aromatic N) is 1. The third-order valence-corrected chi connectivity index (χ3v) is 3.35. The summed E-state index contributed by atoms with van der Waals surface area (Å²) in [6, 6.07) is 13.4. The molecule has 0 saturated heterocycles. The Labute approximate surface area is 106 Å². The Morgan fingerprint density at radius 1 is 0.889 bits per heavy atom. The van der Waals surface area contributed by atoms with Gasteiger partial charge >= 0.3 is 0 Å². The standard InChI is InChI=1S/C15H15NO2/c17-14-6-5-11(7-15(14)18)8-16-9-12-3-1-2-4-13(12)10-16/h1-7,17-18H,8-10H2. The van der Waals surface area contributed by atoms with E-state index in [-0.39, 0.29) is 11.5 Å². The van der Waals surface area contributed by atoms with Crippen LogP contribution in [-0.4, -0.2) is 15.1 Å². The monoisotopic (exact) mass is 241 g/mol. The molecule has 92 valence electrons. The van der Waals surface area contributed by atoms with E-state index in [9.17, 15) is 10.2 Å². The second kappa shape index (κ2) is 4.35. The van der Waals surface area contributed by atoms with Crippen LogP contribution in [0.15, 0.2) is 42.5 Å². The molecule has 2 N–H and O–H groups in total. The summed E-state index contributed by atoms with van der Waals surface area (Å²) in [5.74, 6) is -0.118. The molecule has 0 fully saturated rings. The third kappa shape index (κ3) is 2.05.